The number of nitrogens with two attached hydrogens (primary N) is 1. The van der Waals surface area contributed by atoms with Crippen LogP contribution in [0.1, 0.15) is 32.1 Å². The Kier molecular flexibility index (Phi) is 4.03. The minimum Gasteiger partial charge on any atom is -0.487 e. The van der Waals surface area contributed by atoms with E-state index in [1.165, 1.54) is 11.5 Å². The highest BCUT2D eigenvalue weighted by Crippen LogP contribution is 2.37. The number of anilines is 2. The molecule has 6 nitrogen and oxygen atoms in total. The fourth-order valence-electron chi connectivity index (χ4n) is 1.66. The maximum absolute atomic E-state index is 5.77. The van der Waals surface area contributed by atoms with E-state index in [1.807, 2.05) is 13.1 Å². The molecule has 0 spiro atoms. The molecule has 2 aromatic rings. The fraction of sp³-hybridized carbons (Fsp3) is 0.455. The predicted octanol–water partition coefficient (Wildman–Crippen LogP) is 2.41. The number of nitrogens with zero attached hydrogens (tertiary/aromatic N) is 2. The number of aromatic nitrogens is 3. The maximum atomic E-state index is 5.77. The Balaban J connectivity index is 2.17. The van der Waals surface area contributed by atoms with Crippen molar-refractivity contribution >= 4 is 22.4 Å². The zero-order chi connectivity index (χ0) is 13.0. The van der Waals surface area contributed by atoms with E-state index in [-0.39, 0.29) is 6.04 Å². The molecule has 0 aliphatic carbocycles. The van der Waals surface area contributed by atoms with Gasteiger partial charge in [0.1, 0.15) is 5.82 Å². The van der Waals surface area contributed by atoms with Gasteiger partial charge in [0.15, 0.2) is 16.6 Å². The fourth-order valence-corrected chi connectivity index (χ4v) is 2.37. The van der Waals surface area contributed by atoms with Gasteiger partial charge in [-0.15, -0.1) is 0 Å². The number of ether oxygens (including phenoxy) is 1. The summed E-state index contributed by atoms with van der Waals surface area (Å²) in [6.07, 6.45) is 4.45. The third-order valence-electron chi connectivity index (χ3n) is 2.53. The van der Waals surface area contributed by atoms with Crippen LogP contribution in [0.4, 0.5) is 10.8 Å². The van der Waals surface area contributed by atoms with E-state index in [9.17, 15) is 0 Å². The predicted molar refractivity (Wildman–Crippen MR) is 72.9 cm³/mol. The summed E-state index contributed by atoms with van der Waals surface area (Å²) in [5.41, 5.74) is 5.77. The average molecular weight is 267 g/mol. The lowest BCUT2D eigenvalue weighted by Gasteiger charge is -2.15. The van der Waals surface area contributed by atoms with Crippen molar-refractivity contribution in [3.8, 4) is 5.75 Å². The molecule has 0 fully saturated rings. The van der Waals surface area contributed by atoms with Crippen LogP contribution >= 0.6 is 11.5 Å². The van der Waals surface area contributed by atoms with Crippen molar-refractivity contribution in [2.75, 3.05) is 17.7 Å². The van der Waals surface area contributed by atoms with E-state index in [0.29, 0.717) is 18.2 Å². The van der Waals surface area contributed by atoms with E-state index in [0.717, 1.165) is 17.2 Å². The van der Waals surface area contributed by atoms with Crippen LogP contribution in [-0.2, 0) is 0 Å². The summed E-state index contributed by atoms with van der Waals surface area (Å²) in [5.74, 6) is 1.96. The average Bonchev–Trinajstić information content (AvgIpc) is 3.00. The van der Waals surface area contributed by atoms with Crippen LogP contribution in [0, 0.1) is 0 Å². The van der Waals surface area contributed by atoms with Gasteiger partial charge in [-0.05, 0) is 24.9 Å². The number of rotatable bonds is 6. The zero-order valence-electron chi connectivity index (χ0n) is 10.4. The maximum Gasteiger partial charge on any atom is 0.197 e. The van der Waals surface area contributed by atoms with Gasteiger partial charge in [-0.2, -0.15) is 4.37 Å². The third-order valence-corrected chi connectivity index (χ3v) is 3.30. The minimum atomic E-state index is 0.0963. The van der Waals surface area contributed by atoms with Gasteiger partial charge in [0.2, 0.25) is 0 Å². The lowest BCUT2D eigenvalue weighted by Crippen LogP contribution is -2.11. The molecule has 0 aromatic carbocycles. The number of H-pyrrole nitrogens is 1. The summed E-state index contributed by atoms with van der Waals surface area (Å²) >= 11 is 1.30. The molecule has 0 aliphatic heterocycles. The molecule has 98 valence electrons. The topological polar surface area (TPSA) is 88.8 Å². The standard InChI is InChI=1S/C11H17N5OS/c1-3-7(10-13-5-6-14-10)15-11-8(17-4-2)9(12)16-18-11/h5-7,15H,3-4H2,1-2H3,(H2,12,16)(H,13,14). The second-order valence-corrected chi connectivity index (χ2v) is 4.51. The monoisotopic (exact) mass is 267 g/mol. The SMILES string of the molecule is CCOc1c(N)nsc1NC(CC)c1ncc[nH]1. The Bertz CT molecular complexity index is 482. The Morgan fingerprint density at radius 2 is 2.39 bits per heavy atom. The summed E-state index contributed by atoms with van der Waals surface area (Å²) in [6.45, 7) is 4.57. The highest BCUT2D eigenvalue weighted by Gasteiger charge is 2.18. The van der Waals surface area contributed by atoms with E-state index in [1.54, 1.807) is 6.20 Å². The van der Waals surface area contributed by atoms with E-state index in [2.05, 4.69) is 26.6 Å². The first-order chi connectivity index (χ1) is 8.76. The van der Waals surface area contributed by atoms with Crippen LogP contribution in [-0.4, -0.2) is 20.9 Å². The first-order valence-electron chi connectivity index (χ1n) is 5.90. The number of nitrogen functional groups attached to an aromatic ring is 1. The Labute approximate surface area is 110 Å². The molecule has 2 aromatic heterocycles. The van der Waals surface area contributed by atoms with Crippen molar-refractivity contribution in [2.24, 2.45) is 0 Å². The van der Waals surface area contributed by atoms with Crippen LogP contribution in [0.3, 0.4) is 0 Å². The van der Waals surface area contributed by atoms with Crippen molar-refractivity contribution in [3.05, 3.63) is 18.2 Å². The number of imidazole rings is 1. The Morgan fingerprint density at radius 3 is 3.00 bits per heavy atom. The molecule has 0 radical (unpaired) electrons. The van der Waals surface area contributed by atoms with Crippen molar-refractivity contribution in [1.82, 2.24) is 14.3 Å². The van der Waals surface area contributed by atoms with Gasteiger partial charge in [-0.25, -0.2) is 4.98 Å². The lowest BCUT2D eigenvalue weighted by molar-refractivity contribution is 0.344. The van der Waals surface area contributed by atoms with Gasteiger partial charge in [0.25, 0.3) is 0 Å². The van der Waals surface area contributed by atoms with Crippen LogP contribution in [0.25, 0.3) is 0 Å². The third kappa shape index (κ3) is 2.56. The van der Waals surface area contributed by atoms with Gasteiger partial charge in [0, 0.05) is 12.4 Å². The van der Waals surface area contributed by atoms with Crippen LogP contribution in [0.2, 0.25) is 0 Å². The molecule has 0 amide bonds. The number of hydrogen-bond donors (Lipinski definition) is 3. The second-order valence-electron chi connectivity index (χ2n) is 3.74. The molecule has 18 heavy (non-hydrogen) atoms. The second kappa shape index (κ2) is 5.72. The smallest absolute Gasteiger partial charge is 0.197 e. The minimum absolute atomic E-state index is 0.0963. The van der Waals surface area contributed by atoms with Crippen molar-refractivity contribution < 1.29 is 4.74 Å². The Morgan fingerprint density at radius 1 is 1.56 bits per heavy atom. The molecule has 1 unspecified atom stereocenters. The molecule has 0 saturated heterocycles. The molecule has 0 aliphatic rings. The van der Waals surface area contributed by atoms with Gasteiger partial charge in [0.05, 0.1) is 12.6 Å². The molecular formula is C11H17N5OS. The van der Waals surface area contributed by atoms with E-state index < -0.39 is 0 Å². The Hall–Kier alpha value is -1.76. The van der Waals surface area contributed by atoms with Crippen LogP contribution < -0.4 is 15.8 Å². The van der Waals surface area contributed by atoms with Crippen LogP contribution in [0.5, 0.6) is 5.75 Å². The zero-order valence-corrected chi connectivity index (χ0v) is 11.3. The van der Waals surface area contributed by atoms with Gasteiger partial charge in [-0.3, -0.25) is 0 Å². The first-order valence-corrected chi connectivity index (χ1v) is 6.67. The van der Waals surface area contributed by atoms with Gasteiger partial charge >= 0.3 is 0 Å². The van der Waals surface area contributed by atoms with Gasteiger partial charge in [-0.1, -0.05) is 6.92 Å². The van der Waals surface area contributed by atoms with E-state index >= 15 is 0 Å². The highest BCUT2D eigenvalue weighted by atomic mass is 32.1. The van der Waals surface area contributed by atoms with Crippen molar-refractivity contribution in [3.63, 3.8) is 0 Å². The summed E-state index contributed by atoms with van der Waals surface area (Å²) in [7, 11) is 0. The molecule has 0 bridgehead atoms. The molecule has 4 N–H and O–H groups in total. The summed E-state index contributed by atoms with van der Waals surface area (Å²) < 4.78 is 9.61. The molecule has 1 atom stereocenters. The quantitative estimate of drug-likeness (QED) is 0.748. The molecule has 0 saturated carbocycles. The van der Waals surface area contributed by atoms with Crippen molar-refractivity contribution in [2.45, 2.75) is 26.3 Å². The van der Waals surface area contributed by atoms with Crippen LogP contribution in [0.15, 0.2) is 12.4 Å². The molecule has 2 rings (SSSR count). The largest absolute Gasteiger partial charge is 0.487 e. The summed E-state index contributed by atoms with van der Waals surface area (Å²) in [6, 6.07) is 0.0963. The number of hydrogen-bond acceptors (Lipinski definition) is 6. The first kappa shape index (κ1) is 12.7. The molecule has 2 heterocycles. The normalized spacial score (nSPS) is 12.3. The van der Waals surface area contributed by atoms with Gasteiger partial charge < -0.3 is 20.8 Å². The van der Waals surface area contributed by atoms with Crippen molar-refractivity contribution in [1.29, 1.82) is 0 Å². The summed E-state index contributed by atoms with van der Waals surface area (Å²) in [5, 5.41) is 4.21. The summed E-state index contributed by atoms with van der Waals surface area (Å²) in [4.78, 5) is 7.37. The van der Waals surface area contributed by atoms with E-state index in [4.69, 9.17) is 10.5 Å². The number of nitrogens with one attached hydrogen (secondary N) is 2. The lowest BCUT2D eigenvalue weighted by atomic mass is 10.2. The number of aromatic amines is 1. The molecular weight excluding hydrogens is 250 g/mol. The highest BCUT2D eigenvalue weighted by molar-refractivity contribution is 7.11. The molecule has 7 heteroatoms.